The predicted molar refractivity (Wildman–Crippen MR) is 109 cm³/mol. The normalized spacial score (nSPS) is 12.6. The van der Waals surface area contributed by atoms with Crippen LogP contribution in [0.2, 0.25) is 0 Å². The molecule has 0 spiro atoms. The molecule has 9 heteroatoms. The number of aryl methyl sites for hydroxylation is 2. The van der Waals surface area contributed by atoms with Gasteiger partial charge < -0.3 is 15.0 Å². The van der Waals surface area contributed by atoms with Gasteiger partial charge in [-0.15, -0.1) is 0 Å². The number of nitrogens with one attached hydrogen (secondary N) is 2. The first kappa shape index (κ1) is 20.6. The molecule has 1 heterocycles. The van der Waals surface area contributed by atoms with Crippen molar-refractivity contribution in [1.29, 1.82) is 0 Å². The van der Waals surface area contributed by atoms with Crippen molar-refractivity contribution in [2.24, 2.45) is 5.14 Å². The number of amides is 1. The van der Waals surface area contributed by atoms with Crippen molar-refractivity contribution in [2.45, 2.75) is 31.8 Å². The van der Waals surface area contributed by atoms with Crippen LogP contribution in [0.5, 0.6) is 0 Å². The van der Waals surface area contributed by atoms with Crippen LogP contribution < -0.4 is 10.5 Å². The lowest BCUT2D eigenvalue weighted by Gasteiger charge is -2.14. The van der Waals surface area contributed by atoms with Crippen molar-refractivity contribution in [3.63, 3.8) is 0 Å². The summed E-state index contributed by atoms with van der Waals surface area (Å²) in [5.41, 5.74) is 3.68. The molecule has 4 N–H and O–H groups in total. The highest BCUT2D eigenvalue weighted by molar-refractivity contribution is 7.89. The number of aromatic amines is 1. The number of primary sulfonamides is 1. The Balaban J connectivity index is 1.67. The predicted octanol–water partition coefficient (Wildman–Crippen LogP) is 2.62. The minimum Gasteiger partial charge on any atom is -0.449 e. The van der Waals surface area contributed by atoms with Crippen LogP contribution >= 0.6 is 0 Å². The number of rotatable bonds is 5. The first-order valence-electron chi connectivity index (χ1n) is 8.80. The van der Waals surface area contributed by atoms with Crippen molar-refractivity contribution in [2.75, 3.05) is 5.32 Å². The van der Waals surface area contributed by atoms with Crippen LogP contribution in [0.4, 0.5) is 5.69 Å². The van der Waals surface area contributed by atoms with Gasteiger partial charge >= 0.3 is 5.97 Å². The van der Waals surface area contributed by atoms with E-state index in [1.54, 1.807) is 18.2 Å². The number of H-pyrrole nitrogens is 1. The summed E-state index contributed by atoms with van der Waals surface area (Å²) in [4.78, 5) is 27.9. The number of anilines is 1. The third kappa shape index (κ3) is 4.47. The molecule has 0 unspecified atom stereocenters. The second-order valence-corrected chi connectivity index (χ2v) is 8.30. The van der Waals surface area contributed by atoms with Crippen LogP contribution in [0.3, 0.4) is 0 Å². The van der Waals surface area contributed by atoms with E-state index in [2.05, 4.69) is 10.3 Å². The molecular formula is C20H21N3O5S. The molecule has 3 aromatic rings. The first-order chi connectivity index (χ1) is 13.6. The van der Waals surface area contributed by atoms with Crippen LogP contribution in [0, 0.1) is 13.8 Å². The number of hydrogen-bond acceptors (Lipinski definition) is 5. The van der Waals surface area contributed by atoms with Gasteiger partial charge in [-0.05, 0) is 68.8 Å². The quantitative estimate of drug-likeness (QED) is 0.551. The number of sulfonamides is 1. The second-order valence-electron chi connectivity index (χ2n) is 6.74. The Morgan fingerprint density at radius 2 is 1.76 bits per heavy atom. The van der Waals surface area contributed by atoms with Gasteiger partial charge in [0.15, 0.2) is 6.10 Å². The number of esters is 1. The van der Waals surface area contributed by atoms with E-state index in [0.29, 0.717) is 11.3 Å². The Labute approximate surface area is 168 Å². The number of hydrogen-bond donors (Lipinski definition) is 3. The Bertz CT molecular complexity index is 1200. The van der Waals surface area contributed by atoms with Crippen LogP contribution in [-0.4, -0.2) is 31.4 Å². The number of fused-ring (bicyclic) bond motifs is 1. The summed E-state index contributed by atoms with van der Waals surface area (Å²) in [5.74, 6) is -1.16. The molecule has 0 radical (unpaired) electrons. The molecule has 0 aliphatic carbocycles. The van der Waals surface area contributed by atoms with E-state index in [-0.39, 0.29) is 4.90 Å². The van der Waals surface area contributed by atoms with Crippen molar-refractivity contribution >= 4 is 38.5 Å². The molecular weight excluding hydrogens is 394 g/mol. The largest absolute Gasteiger partial charge is 0.449 e. The number of aromatic nitrogens is 1. The SMILES string of the molecule is Cc1[nH]c2ccc(C(=O)O[C@H](C)C(=O)Nc3ccc(S(N)(=O)=O)cc3)cc2c1C. The minimum absolute atomic E-state index is 0.0688. The molecule has 0 saturated carbocycles. The summed E-state index contributed by atoms with van der Waals surface area (Å²) in [6, 6.07) is 10.5. The molecule has 0 aliphatic heterocycles. The van der Waals surface area contributed by atoms with Crippen molar-refractivity contribution in [3.05, 3.63) is 59.3 Å². The summed E-state index contributed by atoms with van der Waals surface area (Å²) < 4.78 is 27.8. The molecule has 1 amide bonds. The van der Waals surface area contributed by atoms with Crippen molar-refractivity contribution < 1.29 is 22.7 Å². The van der Waals surface area contributed by atoms with E-state index < -0.39 is 28.0 Å². The summed E-state index contributed by atoms with van der Waals surface area (Å²) in [5, 5.41) is 8.52. The zero-order valence-corrected chi connectivity index (χ0v) is 17.0. The smallest absolute Gasteiger partial charge is 0.338 e. The van der Waals surface area contributed by atoms with Crippen LogP contribution in [0.25, 0.3) is 10.9 Å². The summed E-state index contributed by atoms with van der Waals surface area (Å²) in [7, 11) is -3.81. The Hall–Kier alpha value is -3.17. The molecule has 0 fully saturated rings. The number of carbonyl (C=O) groups excluding carboxylic acids is 2. The molecule has 29 heavy (non-hydrogen) atoms. The van der Waals surface area contributed by atoms with E-state index in [0.717, 1.165) is 22.2 Å². The van der Waals surface area contributed by atoms with Gasteiger partial charge in [0.25, 0.3) is 5.91 Å². The maximum Gasteiger partial charge on any atom is 0.338 e. The highest BCUT2D eigenvalue weighted by atomic mass is 32.2. The highest BCUT2D eigenvalue weighted by Gasteiger charge is 2.20. The summed E-state index contributed by atoms with van der Waals surface area (Å²) >= 11 is 0. The van der Waals surface area contributed by atoms with Gasteiger partial charge in [0.1, 0.15) is 0 Å². The monoisotopic (exact) mass is 415 g/mol. The van der Waals surface area contributed by atoms with Crippen LogP contribution in [0.1, 0.15) is 28.5 Å². The van der Waals surface area contributed by atoms with Gasteiger partial charge in [0, 0.05) is 22.3 Å². The Morgan fingerprint density at radius 1 is 1.10 bits per heavy atom. The second kappa shape index (κ2) is 7.69. The van der Waals surface area contributed by atoms with Crippen molar-refractivity contribution in [1.82, 2.24) is 4.98 Å². The van der Waals surface area contributed by atoms with Gasteiger partial charge in [-0.25, -0.2) is 18.4 Å². The molecule has 8 nitrogen and oxygen atoms in total. The lowest BCUT2D eigenvalue weighted by atomic mass is 10.1. The average Bonchev–Trinajstić information content (AvgIpc) is 2.95. The number of nitrogens with two attached hydrogens (primary N) is 1. The van der Waals surface area contributed by atoms with Crippen LogP contribution in [0.15, 0.2) is 47.4 Å². The number of ether oxygens (including phenoxy) is 1. The molecule has 152 valence electrons. The zero-order valence-electron chi connectivity index (χ0n) is 16.1. The first-order valence-corrected chi connectivity index (χ1v) is 10.3. The number of benzene rings is 2. The van der Waals surface area contributed by atoms with E-state index in [1.807, 2.05) is 13.8 Å². The van der Waals surface area contributed by atoms with Gasteiger partial charge in [0.05, 0.1) is 10.5 Å². The maximum absolute atomic E-state index is 12.4. The Morgan fingerprint density at radius 3 is 2.38 bits per heavy atom. The average molecular weight is 415 g/mol. The van der Waals surface area contributed by atoms with E-state index >= 15 is 0 Å². The lowest BCUT2D eigenvalue weighted by Crippen LogP contribution is -2.30. The third-order valence-electron chi connectivity index (χ3n) is 4.65. The van der Waals surface area contributed by atoms with Gasteiger partial charge in [-0.2, -0.15) is 0 Å². The summed E-state index contributed by atoms with van der Waals surface area (Å²) in [6.45, 7) is 5.37. The van der Waals surface area contributed by atoms with E-state index in [1.165, 1.54) is 31.2 Å². The molecule has 0 bridgehead atoms. The Kier molecular flexibility index (Phi) is 5.45. The van der Waals surface area contributed by atoms with Crippen LogP contribution in [-0.2, 0) is 19.6 Å². The molecule has 0 saturated heterocycles. The molecule has 1 aromatic heterocycles. The topological polar surface area (TPSA) is 131 Å². The highest BCUT2D eigenvalue weighted by Crippen LogP contribution is 2.23. The molecule has 3 rings (SSSR count). The molecule has 2 aromatic carbocycles. The van der Waals surface area contributed by atoms with Gasteiger partial charge in [-0.1, -0.05) is 0 Å². The summed E-state index contributed by atoms with van der Waals surface area (Å²) in [6.07, 6.45) is -1.05. The van der Waals surface area contributed by atoms with Gasteiger partial charge in [-0.3, -0.25) is 4.79 Å². The van der Waals surface area contributed by atoms with Gasteiger partial charge in [0.2, 0.25) is 10.0 Å². The standard InChI is InChI=1S/C20H21N3O5S/c1-11-12(2)22-18-9-4-14(10-17(11)18)20(25)28-13(3)19(24)23-15-5-7-16(8-6-15)29(21,26)27/h4-10,13,22H,1-3H3,(H,23,24)(H2,21,26,27)/t13-/m1/s1. The third-order valence-corrected chi connectivity index (χ3v) is 5.58. The van der Waals surface area contributed by atoms with E-state index in [9.17, 15) is 18.0 Å². The molecule has 1 atom stereocenters. The minimum atomic E-state index is -3.81. The molecule has 0 aliphatic rings. The fourth-order valence-electron chi connectivity index (χ4n) is 2.84. The van der Waals surface area contributed by atoms with E-state index in [4.69, 9.17) is 9.88 Å². The van der Waals surface area contributed by atoms with Crippen molar-refractivity contribution in [3.8, 4) is 0 Å². The lowest BCUT2D eigenvalue weighted by molar-refractivity contribution is -0.123. The fraction of sp³-hybridized carbons (Fsp3) is 0.200. The fourth-order valence-corrected chi connectivity index (χ4v) is 3.36. The zero-order chi connectivity index (χ0) is 21.3. The maximum atomic E-state index is 12.4. The number of carbonyl (C=O) groups is 2.